The summed E-state index contributed by atoms with van der Waals surface area (Å²) in [6.45, 7) is 0.534. The molecule has 0 unspecified atom stereocenters. The van der Waals surface area contributed by atoms with E-state index in [9.17, 15) is 0 Å². The Bertz CT molecular complexity index is 2730. The Morgan fingerprint density at radius 2 is 0.891 bits per heavy atom. The van der Waals surface area contributed by atoms with Crippen LogP contribution in [0.4, 0.5) is 0 Å². The lowest BCUT2D eigenvalue weighted by Gasteiger charge is -2.30. The van der Waals surface area contributed by atoms with Crippen molar-refractivity contribution in [1.29, 1.82) is 0 Å². The Balaban J connectivity index is 1.02. The standard InChI is InChI=1S/C53H38N2/c54-51(37-16-3-1-4-17-37)34-52(38-18-5-2-6-19-38)55-35-36-15-13-20-39(31-36)40-21-14-22-41(32-40)42-29-30-46-45-25-9-12-28-49(45)53(50(46)33-42)47-26-10-7-23-43(47)44-24-8-11-27-48(44)53/h1-34H,35,54H2/b51-34-,55-52?. The number of nitrogens with two attached hydrogens (primary N) is 1. The number of fused-ring (bicyclic) bond motifs is 10. The first kappa shape index (κ1) is 32.6. The van der Waals surface area contributed by atoms with Crippen LogP contribution in [0.2, 0.25) is 0 Å². The predicted molar refractivity (Wildman–Crippen MR) is 229 cm³/mol. The molecule has 0 radical (unpaired) electrons. The van der Waals surface area contributed by atoms with Gasteiger partial charge in [0.25, 0.3) is 0 Å². The molecular formula is C53H38N2. The average molecular weight is 703 g/mol. The maximum atomic E-state index is 6.57. The summed E-state index contributed by atoms with van der Waals surface area (Å²) in [6.07, 6.45) is 1.99. The number of allylic oxidation sites excluding steroid dienone is 1. The van der Waals surface area contributed by atoms with Gasteiger partial charge < -0.3 is 5.73 Å². The van der Waals surface area contributed by atoms with Crippen LogP contribution >= 0.6 is 0 Å². The SMILES string of the molecule is N/C(=C\C(=NCc1cccc(-c2cccc(-c3ccc4c(c3)C3(c5ccccc5-c5ccccc53)c3ccccc3-4)c2)c1)c1ccccc1)c1ccccc1. The lowest BCUT2D eigenvalue weighted by atomic mass is 9.70. The van der Waals surface area contributed by atoms with Crippen molar-refractivity contribution in [2.75, 3.05) is 0 Å². The van der Waals surface area contributed by atoms with E-state index in [1.807, 2.05) is 54.6 Å². The zero-order valence-corrected chi connectivity index (χ0v) is 30.4. The Hall–Kier alpha value is -7.03. The molecule has 0 bridgehead atoms. The average Bonchev–Trinajstić information content (AvgIpc) is 3.73. The summed E-state index contributed by atoms with van der Waals surface area (Å²) >= 11 is 0. The molecule has 2 nitrogen and oxygen atoms in total. The van der Waals surface area contributed by atoms with E-state index in [2.05, 4.69) is 152 Å². The van der Waals surface area contributed by atoms with Gasteiger partial charge in [-0.1, -0.05) is 182 Å². The summed E-state index contributed by atoms with van der Waals surface area (Å²) in [5.41, 5.74) is 26.4. The smallest absolute Gasteiger partial charge is 0.0725 e. The van der Waals surface area contributed by atoms with Gasteiger partial charge in [-0.25, -0.2) is 0 Å². The molecule has 0 saturated carbocycles. The highest BCUT2D eigenvalue weighted by Crippen LogP contribution is 2.63. The van der Waals surface area contributed by atoms with Crippen LogP contribution < -0.4 is 5.73 Å². The van der Waals surface area contributed by atoms with E-state index in [0.717, 1.165) is 22.4 Å². The van der Waals surface area contributed by atoms with Gasteiger partial charge in [0.2, 0.25) is 0 Å². The highest BCUT2D eigenvalue weighted by Gasteiger charge is 2.51. The van der Waals surface area contributed by atoms with Crippen LogP contribution in [0.15, 0.2) is 211 Å². The predicted octanol–water partition coefficient (Wildman–Crippen LogP) is 12.4. The van der Waals surface area contributed by atoms with E-state index in [4.69, 9.17) is 10.7 Å². The third-order valence-corrected chi connectivity index (χ3v) is 11.4. The topological polar surface area (TPSA) is 38.4 Å². The molecule has 55 heavy (non-hydrogen) atoms. The molecule has 0 aliphatic heterocycles. The van der Waals surface area contributed by atoms with Gasteiger partial charge in [0, 0.05) is 5.70 Å². The molecule has 0 fully saturated rings. The van der Waals surface area contributed by atoms with E-state index in [1.165, 1.54) is 66.8 Å². The largest absolute Gasteiger partial charge is 0.398 e. The Morgan fingerprint density at radius 3 is 1.49 bits per heavy atom. The molecule has 0 saturated heterocycles. The molecule has 0 heterocycles. The van der Waals surface area contributed by atoms with Gasteiger partial charge in [-0.15, -0.1) is 0 Å². The molecule has 1 spiro atoms. The van der Waals surface area contributed by atoms with Gasteiger partial charge in [0.15, 0.2) is 0 Å². The van der Waals surface area contributed by atoms with Crippen molar-refractivity contribution in [3.63, 3.8) is 0 Å². The maximum absolute atomic E-state index is 6.57. The van der Waals surface area contributed by atoms with Gasteiger partial charge in [0.05, 0.1) is 17.7 Å². The Kier molecular flexibility index (Phi) is 7.96. The fourth-order valence-corrected chi connectivity index (χ4v) is 8.87. The van der Waals surface area contributed by atoms with Crippen molar-refractivity contribution < 1.29 is 0 Å². The van der Waals surface area contributed by atoms with Crippen LogP contribution in [-0.4, -0.2) is 5.71 Å². The lowest BCUT2D eigenvalue weighted by Crippen LogP contribution is -2.25. The highest BCUT2D eigenvalue weighted by atomic mass is 14.7. The fourth-order valence-electron chi connectivity index (χ4n) is 8.87. The first-order valence-electron chi connectivity index (χ1n) is 18.9. The molecule has 8 aromatic carbocycles. The Morgan fingerprint density at radius 1 is 0.418 bits per heavy atom. The number of nitrogens with zero attached hydrogens (tertiary/aromatic N) is 1. The van der Waals surface area contributed by atoms with E-state index in [-0.39, 0.29) is 5.41 Å². The molecule has 8 aromatic rings. The maximum Gasteiger partial charge on any atom is 0.0725 e. The highest BCUT2D eigenvalue weighted by molar-refractivity contribution is 6.12. The molecule has 260 valence electrons. The van der Waals surface area contributed by atoms with Crippen LogP contribution in [0, 0.1) is 0 Å². The lowest BCUT2D eigenvalue weighted by molar-refractivity contribution is 0.794. The van der Waals surface area contributed by atoms with E-state index in [1.54, 1.807) is 0 Å². The summed E-state index contributed by atoms with van der Waals surface area (Å²) in [5, 5.41) is 0. The molecule has 2 aliphatic rings. The van der Waals surface area contributed by atoms with Crippen molar-refractivity contribution in [2.24, 2.45) is 10.7 Å². The third-order valence-electron chi connectivity index (χ3n) is 11.4. The number of hydrogen-bond acceptors (Lipinski definition) is 2. The van der Waals surface area contributed by atoms with Crippen LogP contribution in [0.25, 0.3) is 50.2 Å². The summed E-state index contributed by atoms with van der Waals surface area (Å²) in [5.74, 6) is 0. The van der Waals surface area contributed by atoms with Gasteiger partial charge in [-0.2, -0.15) is 0 Å². The van der Waals surface area contributed by atoms with Crippen LogP contribution in [0.3, 0.4) is 0 Å². The monoisotopic (exact) mass is 702 g/mol. The van der Waals surface area contributed by atoms with E-state index in [0.29, 0.717) is 12.2 Å². The third kappa shape index (κ3) is 5.45. The first-order valence-corrected chi connectivity index (χ1v) is 18.9. The van der Waals surface area contributed by atoms with Crippen LogP contribution in [0.1, 0.15) is 38.9 Å². The fraction of sp³-hybridized carbons (Fsp3) is 0.0377. The minimum Gasteiger partial charge on any atom is -0.398 e. The van der Waals surface area contributed by atoms with Crippen LogP contribution in [0.5, 0.6) is 0 Å². The number of hydrogen-bond donors (Lipinski definition) is 1. The molecule has 2 heteroatoms. The zero-order chi connectivity index (χ0) is 36.8. The van der Waals surface area contributed by atoms with Crippen molar-refractivity contribution in [3.05, 3.63) is 245 Å². The van der Waals surface area contributed by atoms with Gasteiger partial charge in [-0.3, -0.25) is 4.99 Å². The number of rotatable bonds is 7. The summed E-state index contributed by atoms with van der Waals surface area (Å²) in [7, 11) is 0. The van der Waals surface area contributed by atoms with Crippen molar-refractivity contribution in [1.82, 2.24) is 0 Å². The van der Waals surface area contributed by atoms with Crippen molar-refractivity contribution in [2.45, 2.75) is 12.0 Å². The Labute approximate surface area is 322 Å². The quantitative estimate of drug-likeness (QED) is 0.165. The second kappa shape index (κ2) is 13.4. The zero-order valence-electron chi connectivity index (χ0n) is 30.4. The minimum absolute atomic E-state index is 0.360. The van der Waals surface area contributed by atoms with Gasteiger partial charge in [-0.05, 0) is 108 Å². The second-order valence-electron chi connectivity index (χ2n) is 14.5. The van der Waals surface area contributed by atoms with Crippen LogP contribution in [-0.2, 0) is 12.0 Å². The molecule has 0 atom stereocenters. The molecule has 10 rings (SSSR count). The first-order chi connectivity index (χ1) is 27.2. The van der Waals surface area contributed by atoms with Crippen molar-refractivity contribution in [3.8, 4) is 44.5 Å². The summed E-state index contributed by atoms with van der Waals surface area (Å²) in [6, 6.07) is 72.1. The van der Waals surface area contributed by atoms with E-state index < -0.39 is 0 Å². The van der Waals surface area contributed by atoms with E-state index >= 15 is 0 Å². The normalized spacial score (nSPS) is 13.6. The van der Waals surface area contributed by atoms with Crippen molar-refractivity contribution >= 4 is 11.4 Å². The molecule has 2 aliphatic carbocycles. The van der Waals surface area contributed by atoms with Gasteiger partial charge in [0.1, 0.15) is 0 Å². The molecular weight excluding hydrogens is 665 g/mol. The molecule has 0 aromatic heterocycles. The molecule has 2 N–H and O–H groups in total. The number of benzene rings is 8. The second-order valence-corrected chi connectivity index (χ2v) is 14.5. The minimum atomic E-state index is -0.360. The molecule has 0 amide bonds. The van der Waals surface area contributed by atoms with Gasteiger partial charge >= 0.3 is 0 Å². The summed E-state index contributed by atoms with van der Waals surface area (Å²) in [4.78, 5) is 5.11. The number of aliphatic imine (C=N–C) groups is 1. The summed E-state index contributed by atoms with van der Waals surface area (Å²) < 4.78 is 0.